The van der Waals surface area contributed by atoms with Gasteiger partial charge in [0.25, 0.3) is 0 Å². The Labute approximate surface area is 340 Å². The summed E-state index contributed by atoms with van der Waals surface area (Å²) in [6.45, 7) is 0. The number of para-hydroxylation sites is 2. The van der Waals surface area contributed by atoms with E-state index >= 15 is 0 Å². The molecule has 12 rings (SSSR count). The Morgan fingerprint density at radius 2 is 1.17 bits per heavy atom. The third-order valence-electron chi connectivity index (χ3n) is 12.3. The topological polar surface area (TPSA) is 16.4 Å². The number of anilines is 3. The molecule has 0 amide bonds. The van der Waals surface area contributed by atoms with E-state index in [0.717, 1.165) is 46.5 Å². The second-order valence-electron chi connectivity index (χ2n) is 15.5. The molecule has 2 nitrogen and oxygen atoms in total. The van der Waals surface area contributed by atoms with Crippen LogP contribution in [0.3, 0.4) is 0 Å². The van der Waals surface area contributed by atoms with Gasteiger partial charge in [0.15, 0.2) is 0 Å². The summed E-state index contributed by atoms with van der Waals surface area (Å²) in [7, 11) is 0. The molecule has 3 heteroatoms. The second kappa shape index (κ2) is 13.3. The van der Waals surface area contributed by atoms with E-state index in [2.05, 4.69) is 199 Å². The summed E-state index contributed by atoms with van der Waals surface area (Å²) in [6.07, 6.45) is 1.93. The molecule has 0 saturated carbocycles. The van der Waals surface area contributed by atoms with E-state index < -0.39 is 0 Å². The highest BCUT2D eigenvalue weighted by Crippen LogP contribution is 2.52. The Bertz CT molecular complexity index is 3360. The van der Waals surface area contributed by atoms with Crippen LogP contribution in [0.15, 0.2) is 199 Å². The molecular weight excluding hydrogens is 723 g/mol. The van der Waals surface area contributed by atoms with Crippen LogP contribution >= 0.6 is 11.3 Å². The average Bonchev–Trinajstić information content (AvgIpc) is 3.80. The van der Waals surface area contributed by atoms with E-state index in [1.807, 2.05) is 11.3 Å². The minimum atomic E-state index is 0.222. The second-order valence-corrected chi connectivity index (χ2v) is 16.6. The predicted molar refractivity (Wildman–Crippen MR) is 246 cm³/mol. The van der Waals surface area contributed by atoms with Crippen molar-refractivity contribution in [2.45, 2.75) is 18.8 Å². The van der Waals surface area contributed by atoms with Crippen molar-refractivity contribution in [2.75, 3.05) is 4.90 Å². The summed E-state index contributed by atoms with van der Waals surface area (Å²) in [5.74, 6) is 0.222. The predicted octanol–water partition coefficient (Wildman–Crippen LogP) is 16.0. The lowest BCUT2D eigenvalue weighted by Crippen LogP contribution is -2.10. The molecule has 0 aliphatic heterocycles. The van der Waals surface area contributed by atoms with Gasteiger partial charge in [0.2, 0.25) is 0 Å². The Hall–Kier alpha value is -6.94. The van der Waals surface area contributed by atoms with Crippen molar-refractivity contribution in [3.8, 4) is 22.3 Å². The Balaban J connectivity index is 1.03. The van der Waals surface area contributed by atoms with Gasteiger partial charge in [0.1, 0.15) is 11.2 Å². The van der Waals surface area contributed by atoms with Gasteiger partial charge in [-0.05, 0) is 106 Å². The number of nitrogens with zero attached hydrogens (tertiary/aromatic N) is 1. The molecule has 0 saturated heterocycles. The third-order valence-corrected chi connectivity index (χ3v) is 13.5. The molecule has 0 N–H and O–H groups in total. The number of fused-ring (bicyclic) bond motifs is 10. The van der Waals surface area contributed by atoms with Gasteiger partial charge in [-0.1, -0.05) is 140 Å². The van der Waals surface area contributed by atoms with Crippen LogP contribution in [0.4, 0.5) is 17.1 Å². The third kappa shape index (κ3) is 5.24. The van der Waals surface area contributed by atoms with Crippen molar-refractivity contribution in [2.24, 2.45) is 0 Å². The van der Waals surface area contributed by atoms with E-state index in [4.69, 9.17) is 4.42 Å². The lowest BCUT2D eigenvalue weighted by molar-refractivity contribution is 0.667. The van der Waals surface area contributed by atoms with Gasteiger partial charge in [-0.3, -0.25) is 0 Å². The van der Waals surface area contributed by atoms with Crippen molar-refractivity contribution in [3.05, 3.63) is 211 Å². The molecule has 2 aromatic heterocycles. The molecule has 2 heterocycles. The standard InChI is InChI=1S/C55H37NOS/c1-2-15-39(16-3-1)56(41-31-25-35-13-4-5-14-37(35)33-41)40-29-26-36(27-30-40)42-32-28-38-34-50-53(47-20-8-10-23-49(47)57-50)54(52(38)45-19-7-6-17-43(42)45)48-22-12-21-46-44-18-9-11-24-51(44)58-55(46)48/h1-27,29-31,33-34,42H,28,32H2. The minimum Gasteiger partial charge on any atom is -0.456 e. The van der Waals surface area contributed by atoms with Crippen LogP contribution in [0.5, 0.6) is 0 Å². The smallest absolute Gasteiger partial charge is 0.136 e. The number of rotatable bonds is 5. The quantitative estimate of drug-likeness (QED) is 0.174. The first kappa shape index (κ1) is 33.2. The van der Waals surface area contributed by atoms with Gasteiger partial charge < -0.3 is 9.32 Å². The summed E-state index contributed by atoms with van der Waals surface area (Å²) in [5, 5.41) is 7.46. The van der Waals surface area contributed by atoms with E-state index in [1.54, 1.807) is 0 Å². The van der Waals surface area contributed by atoms with E-state index in [1.165, 1.54) is 75.3 Å². The summed E-state index contributed by atoms with van der Waals surface area (Å²) >= 11 is 1.90. The van der Waals surface area contributed by atoms with Crippen LogP contribution in [0.1, 0.15) is 29.0 Å². The van der Waals surface area contributed by atoms with E-state index in [0.29, 0.717) is 0 Å². The zero-order chi connectivity index (χ0) is 38.2. The lowest BCUT2D eigenvalue weighted by atomic mass is 9.83. The number of thiophene rings is 1. The molecule has 0 radical (unpaired) electrons. The largest absolute Gasteiger partial charge is 0.456 e. The number of hydrogen-bond donors (Lipinski definition) is 0. The molecule has 1 atom stereocenters. The van der Waals surface area contributed by atoms with Crippen molar-refractivity contribution in [1.29, 1.82) is 0 Å². The van der Waals surface area contributed by atoms with Gasteiger partial charge in [0.05, 0.1) is 0 Å². The number of furan rings is 1. The highest BCUT2D eigenvalue weighted by Gasteiger charge is 2.30. The first-order valence-electron chi connectivity index (χ1n) is 20.2. The SMILES string of the molecule is c1ccc(N(c2ccc(C3CCc4cc5oc6ccccc6c5c(-c5cccc6c5sc5ccccc56)c4-c4ccccc43)cc2)c2ccc3ccccc3c2)cc1. The fraction of sp³-hybridized carbons (Fsp3) is 0.0545. The molecule has 1 aliphatic rings. The molecule has 9 aromatic carbocycles. The van der Waals surface area contributed by atoms with Crippen LogP contribution in [-0.4, -0.2) is 0 Å². The number of hydrogen-bond acceptors (Lipinski definition) is 3. The average molecular weight is 760 g/mol. The zero-order valence-corrected chi connectivity index (χ0v) is 32.5. The molecule has 1 unspecified atom stereocenters. The summed E-state index contributed by atoms with van der Waals surface area (Å²) in [4.78, 5) is 2.37. The van der Waals surface area contributed by atoms with Crippen molar-refractivity contribution >= 4 is 81.3 Å². The number of benzene rings is 9. The zero-order valence-electron chi connectivity index (χ0n) is 31.7. The van der Waals surface area contributed by atoms with Gasteiger partial charge in [0, 0.05) is 65.1 Å². The van der Waals surface area contributed by atoms with Crippen LogP contribution in [0.25, 0.3) is 75.1 Å². The highest BCUT2D eigenvalue weighted by molar-refractivity contribution is 7.26. The van der Waals surface area contributed by atoms with Crippen molar-refractivity contribution in [1.82, 2.24) is 0 Å². The first-order valence-corrected chi connectivity index (χ1v) is 21.0. The fourth-order valence-corrected chi connectivity index (χ4v) is 10.9. The Morgan fingerprint density at radius 1 is 0.483 bits per heavy atom. The Morgan fingerprint density at radius 3 is 2.07 bits per heavy atom. The molecule has 0 spiro atoms. The van der Waals surface area contributed by atoms with Crippen LogP contribution in [0.2, 0.25) is 0 Å². The highest BCUT2D eigenvalue weighted by atomic mass is 32.1. The summed E-state index contributed by atoms with van der Waals surface area (Å²) < 4.78 is 9.36. The molecule has 11 aromatic rings. The van der Waals surface area contributed by atoms with Gasteiger partial charge in [-0.25, -0.2) is 0 Å². The molecule has 1 aliphatic carbocycles. The molecule has 0 fully saturated rings. The molecule has 274 valence electrons. The van der Waals surface area contributed by atoms with Gasteiger partial charge in [-0.15, -0.1) is 11.3 Å². The maximum atomic E-state index is 6.72. The Kier molecular flexibility index (Phi) is 7.64. The van der Waals surface area contributed by atoms with Crippen molar-refractivity contribution in [3.63, 3.8) is 0 Å². The lowest BCUT2D eigenvalue weighted by Gasteiger charge is -2.27. The maximum Gasteiger partial charge on any atom is 0.136 e. The monoisotopic (exact) mass is 759 g/mol. The summed E-state index contributed by atoms with van der Waals surface area (Å²) in [6, 6.07) is 71.2. The van der Waals surface area contributed by atoms with Gasteiger partial charge in [-0.2, -0.15) is 0 Å². The van der Waals surface area contributed by atoms with Crippen molar-refractivity contribution < 1.29 is 4.42 Å². The molecule has 58 heavy (non-hydrogen) atoms. The van der Waals surface area contributed by atoms with Crippen LogP contribution < -0.4 is 4.90 Å². The van der Waals surface area contributed by atoms with Gasteiger partial charge >= 0.3 is 0 Å². The van der Waals surface area contributed by atoms with Crippen LogP contribution in [0, 0.1) is 0 Å². The first-order chi connectivity index (χ1) is 28.8. The normalized spacial score (nSPS) is 13.9. The van der Waals surface area contributed by atoms with E-state index in [9.17, 15) is 0 Å². The van der Waals surface area contributed by atoms with E-state index in [-0.39, 0.29) is 5.92 Å². The fourth-order valence-electron chi connectivity index (χ4n) is 9.68. The minimum absolute atomic E-state index is 0.222. The number of aryl methyl sites for hydroxylation is 1. The molecular formula is C55H37NOS. The maximum absolute atomic E-state index is 6.72. The van der Waals surface area contributed by atoms with Crippen LogP contribution in [-0.2, 0) is 6.42 Å². The summed E-state index contributed by atoms with van der Waals surface area (Å²) in [5.41, 5.74) is 14.6. The molecule has 0 bridgehead atoms.